The third-order valence-electron chi connectivity index (χ3n) is 4.09. The smallest absolute Gasteiger partial charge is 0.201 e. The Labute approximate surface area is 112 Å². The fourth-order valence-electron chi connectivity index (χ4n) is 3.08. The summed E-state index contributed by atoms with van der Waals surface area (Å²) in [5, 5.41) is 3.38. The number of hydrogen-bond donors (Lipinski definition) is 1. The van der Waals surface area contributed by atoms with Crippen molar-refractivity contribution < 1.29 is 8.81 Å². The summed E-state index contributed by atoms with van der Waals surface area (Å²) in [6.45, 7) is 4.17. The lowest BCUT2D eigenvalue weighted by Crippen LogP contribution is -2.40. The summed E-state index contributed by atoms with van der Waals surface area (Å²) in [6, 6.07) is 4.55. The molecule has 3 nitrogen and oxygen atoms in total. The van der Waals surface area contributed by atoms with Crippen LogP contribution in [0.1, 0.15) is 38.5 Å². The van der Waals surface area contributed by atoms with E-state index in [-0.39, 0.29) is 11.2 Å². The second-order valence-corrected chi connectivity index (χ2v) is 5.41. The Morgan fingerprint density at radius 3 is 2.89 bits per heavy atom. The number of halogens is 1. The standard InChI is InChI=1S/C15H19FN2O/c1-2-5-15(6-8-17-9-7-15)14-18-12-4-3-11(16)10-13(12)19-14/h3-4,10,17H,2,5-9H2,1H3. The second kappa shape index (κ2) is 4.93. The van der Waals surface area contributed by atoms with E-state index in [4.69, 9.17) is 4.42 Å². The Morgan fingerprint density at radius 1 is 1.37 bits per heavy atom. The molecule has 0 atom stereocenters. The van der Waals surface area contributed by atoms with Crippen LogP contribution in [0.4, 0.5) is 4.39 Å². The van der Waals surface area contributed by atoms with E-state index in [1.54, 1.807) is 6.07 Å². The van der Waals surface area contributed by atoms with E-state index in [0.717, 1.165) is 50.2 Å². The zero-order valence-electron chi connectivity index (χ0n) is 11.2. The molecule has 2 aromatic rings. The van der Waals surface area contributed by atoms with Gasteiger partial charge in [0, 0.05) is 11.5 Å². The zero-order valence-corrected chi connectivity index (χ0v) is 11.2. The Bertz CT molecular complexity index is 567. The molecule has 0 unspecified atom stereocenters. The zero-order chi connectivity index (χ0) is 13.3. The van der Waals surface area contributed by atoms with Gasteiger partial charge in [0.25, 0.3) is 0 Å². The normalized spacial score (nSPS) is 18.8. The van der Waals surface area contributed by atoms with Gasteiger partial charge in [-0.1, -0.05) is 13.3 Å². The first-order valence-corrected chi connectivity index (χ1v) is 7.01. The lowest BCUT2D eigenvalue weighted by molar-refractivity contribution is 0.233. The number of piperidine rings is 1. The van der Waals surface area contributed by atoms with Crippen LogP contribution >= 0.6 is 0 Å². The highest BCUT2D eigenvalue weighted by Crippen LogP contribution is 2.38. The van der Waals surface area contributed by atoms with E-state index in [0.29, 0.717) is 5.58 Å². The van der Waals surface area contributed by atoms with Crippen molar-refractivity contribution in [1.29, 1.82) is 0 Å². The second-order valence-electron chi connectivity index (χ2n) is 5.41. The number of nitrogens with zero attached hydrogens (tertiary/aromatic N) is 1. The van der Waals surface area contributed by atoms with Crippen molar-refractivity contribution in [1.82, 2.24) is 10.3 Å². The molecule has 3 rings (SSSR count). The van der Waals surface area contributed by atoms with E-state index in [1.807, 2.05) is 0 Å². The van der Waals surface area contributed by atoms with Crippen molar-refractivity contribution in [3.05, 3.63) is 29.9 Å². The van der Waals surface area contributed by atoms with Gasteiger partial charge < -0.3 is 9.73 Å². The summed E-state index contributed by atoms with van der Waals surface area (Å²) < 4.78 is 19.1. The van der Waals surface area contributed by atoms with Gasteiger partial charge in [-0.3, -0.25) is 0 Å². The predicted octanol–water partition coefficient (Wildman–Crippen LogP) is 3.39. The summed E-state index contributed by atoms with van der Waals surface area (Å²) in [5.41, 5.74) is 1.34. The van der Waals surface area contributed by atoms with Crippen molar-refractivity contribution >= 4 is 11.1 Å². The lowest BCUT2D eigenvalue weighted by Gasteiger charge is -2.34. The fraction of sp³-hybridized carbons (Fsp3) is 0.533. The van der Waals surface area contributed by atoms with Crippen molar-refractivity contribution in [2.75, 3.05) is 13.1 Å². The highest BCUT2D eigenvalue weighted by Gasteiger charge is 2.37. The molecule has 0 saturated carbocycles. The van der Waals surface area contributed by atoms with Crippen LogP contribution in [-0.2, 0) is 5.41 Å². The monoisotopic (exact) mass is 262 g/mol. The third kappa shape index (κ3) is 2.25. The van der Waals surface area contributed by atoms with Crippen LogP contribution in [0.15, 0.2) is 22.6 Å². The van der Waals surface area contributed by atoms with Crippen LogP contribution in [0.25, 0.3) is 11.1 Å². The molecule has 1 aromatic heterocycles. The van der Waals surface area contributed by atoms with Gasteiger partial charge in [-0.15, -0.1) is 0 Å². The molecule has 2 heterocycles. The maximum Gasteiger partial charge on any atom is 0.201 e. The number of benzene rings is 1. The van der Waals surface area contributed by atoms with Crippen LogP contribution in [0.3, 0.4) is 0 Å². The van der Waals surface area contributed by atoms with Crippen LogP contribution in [0, 0.1) is 5.82 Å². The van der Waals surface area contributed by atoms with Crippen molar-refractivity contribution in [2.45, 2.75) is 38.0 Å². The number of nitrogens with one attached hydrogen (secondary N) is 1. The van der Waals surface area contributed by atoms with Gasteiger partial charge in [0.1, 0.15) is 11.3 Å². The van der Waals surface area contributed by atoms with Gasteiger partial charge in [-0.25, -0.2) is 9.37 Å². The van der Waals surface area contributed by atoms with Crippen LogP contribution in [0.5, 0.6) is 0 Å². The minimum Gasteiger partial charge on any atom is -0.440 e. The van der Waals surface area contributed by atoms with E-state index in [9.17, 15) is 4.39 Å². The van der Waals surface area contributed by atoms with Crippen molar-refractivity contribution in [3.63, 3.8) is 0 Å². The third-order valence-corrected chi connectivity index (χ3v) is 4.09. The molecule has 0 radical (unpaired) electrons. The first-order chi connectivity index (χ1) is 9.23. The van der Waals surface area contributed by atoms with Crippen molar-refractivity contribution in [3.8, 4) is 0 Å². The summed E-state index contributed by atoms with van der Waals surface area (Å²) in [4.78, 5) is 4.61. The molecule has 0 spiro atoms. The Morgan fingerprint density at radius 2 is 2.16 bits per heavy atom. The summed E-state index contributed by atoms with van der Waals surface area (Å²) in [5.74, 6) is 0.515. The minimum atomic E-state index is -0.273. The summed E-state index contributed by atoms with van der Waals surface area (Å²) in [7, 11) is 0. The van der Waals surface area contributed by atoms with Gasteiger partial charge in [-0.2, -0.15) is 0 Å². The molecule has 1 saturated heterocycles. The minimum absolute atomic E-state index is 0.0233. The van der Waals surface area contributed by atoms with E-state index in [2.05, 4.69) is 17.2 Å². The summed E-state index contributed by atoms with van der Waals surface area (Å²) in [6.07, 6.45) is 4.25. The number of aromatic nitrogens is 1. The van der Waals surface area contributed by atoms with E-state index in [1.165, 1.54) is 12.1 Å². The molecule has 1 N–H and O–H groups in total. The summed E-state index contributed by atoms with van der Waals surface area (Å²) >= 11 is 0. The average Bonchev–Trinajstić information content (AvgIpc) is 2.83. The molecule has 1 fully saturated rings. The number of hydrogen-bond acceptors (Lipinski definition) is 3. The molecule has 19 heavy (non-hydrogen) atoms. The van der Waals surface area contributed by atoms with Gasteiger partial charge in [-0.05, 0) is 44.5 Å². The molecule has 1 aliphatic heterocycles. The quantitative estimate of drug-likeness (QED) is 0.921. The van der Waals surface area contributed by atoms with Gasteiger partial charge in [0.2, 0.25) is 5.89 Å². The van der Waals surface area contributed by atoms with E-state index < -0.39 is 0 Å². The Kier molecular flexibility index (Phi) is 3.27. The number of rotatable bonds is 3. The highest BCUT2D eigenvalue weighted by molar-refractivity contribution is 5.72. The lowest BCUT2D eigenvalue weighted by atomic mass is 9.75. The SMILES string of the molecule is CCCC1(c2nc3ccc(F)cc3o2)CCNCC1. The molecular weight excluding hydrogens is 243 g/mol. The molecule has 0 bridgehead atoms. The van der Waals surface area contributed by atoms with Gasteiger partial charge in [0.15, 0.2) is 5.58 Å². The first-order valence-electron chi connectivity index (χ1n) is 7.01. The van der Waals surface area contributed by atoms with Gasteiger partial charge in [0.05, 0.1) is 0 Å². The molecule has 102 valence electrons. The van der Waals surface area contributed by atoms with Gasteiger partial charge >= 0.3 is 0 Å². The molecule has 4 heteroatoms. The molecule has 0 aliphatic carbocycles. The molecule has 1 aliphatic rings. The Balaban J connectivity index is 2.04. The number of oxazole rings is 1. The first kappa shape index (κ1) is 12.6. The topological polar surface area (TPSA) is 38.1 Å². The van der Waals surface area contributed by atoms with E-state index >= 15 is 0 Å². The highest BCUT2D eigenvalue weighted by atomic mass is 19.1. The van der Waals surface area contributed by atoms with Crippen molar-refractivity contribution in [2.24, 2.45) is 0 Å². The van der Waals surface area contributed by atoms with Crippen LogP contribution in [-0.4, -0.2) is 18.1 Å². The van der Waals surface area contributed by atoms with Crippen LogP contribution in [0.2, 0.25) is 0 Å². The maximum absolute atomic E-state index is 13.2. The molecule has 1 aromatic carbocycles. The maximum atomic E-state index is 13.2. The predicted molar refractivity (Wildman–Crippen MR) is 72.7 cm³/mol. The molecule has 0 amide bonds. The average molecular weight is 262 g/mol. The van der Waals surface area contributed by atoms with Crippen LogP contribution < -0.4 is 5.32 Å². The number of fused-ring (bicyclic) bond motifs is 1. The molecular formula is C15H19FN2O. The largest absolute Gasteiger partial charge is 0.440 e. The Hall–Kier alpha value is -1.42. The fourth-order valence-corrected chi connectivity index (χ4v) is 3.08.